The fourth-order valence-corrected chi connectivity index (χ4v) is 2.02. The molecule has 5 heteroatoms. The first-order valence-electron chi connectivity index (χ1n) is 4.18. The maximum Gasteiger partial charge on any atom is 0.351 e. The van der Waals surface area contributed by atoms with Crippen molar-refractivity contribution in [2.75, 3.05) is 13.7 Å². The lowest BCUT2D eigenvalue weighted by molar-refractivity contribution is 0.0602. The van der Waals surface area contributed by atoms with Crippen LogP contribution >= 0.6 is 22.9 Å². The van der Waals surface area contributed by atoms with Gasteiger partial charge in [-0.2, -0.15) is 0 Å². The van der Waals surface area contributed by atoms with Gasteiger partial charge in [-0.1, -0.05) is 18.5 Å². The van der Waals surface area contributed by atoms with Gasteiger partial charge in [-0.15, -0.1) is 11.3 Å². The summed E-state index contributed by atoms with van der Waals surface area (Å²) in [6, 6.07) is 0. The Bertz CT molecular complexity index is 322. The van der Waals surface area contributed by atoms with Crippen molar-refractivity contribution in [2.45, 2.75) is 13.3 Å². The Morgan fingerprint density at radius 2 is 2.36 bits per heavy atom. The molecule has 0 fully saturated rings. The Kier molecular flexibility index (Phi) is 4.22. The largest absolute Gasteiger partial charge is 0.490 e. The number of carbonyl (C=O) groups excluding carboxylic acids is 1. The SMILES string of the molecule is CCCOc1c(Cl)csc1C(=O)OC. The lowest BCUT2D eigenvalue weighted by Crippen LogP contribution is -2.03. The Labute approximate surface area is 91.6 Å². The van der Waals surface area contributed by atoms with Gasteiger partial charge in [0.25, 0.3) is 0 Å². The number of carbonyl (C=O) groups is 1. The predicted molar refractivity (Wildman–Crippen MR) is 56.5 cm³/mol. The molecule has 0 aliphatic heterocycles. The van der Waals surface area contributed by atoms with Crippen LogP contribution < -0.4 is 4.74 Å². The van der Waals surface area contributed by atoms with E-state index in [2.05, 4.69) is 4.74 Å². The highest BCUT2D eigenvalue weighted by atomic mass is 35.5. The van der Waals surface area contributed by atoms with Crippen molar-refractivity contribution in [3.63, 3.8) is 0 Å². The van der Waals surface area contributed by atoms with Crippen LogP contribution in [0.25, 0.3) is 0 Å². The number of hydrogen-bond donors (Lipinski definition) is 0. The summed E-state index contributed by atoms with van der Waals surface area (Å²) in [7, 11) is 1.33. The average Bonchev–Trinajstić information content (AvgIpc) is 2.56. The highest BCUT2D eigenvalue weighted by Gasteiger charge is 2.18. The molecule has 14 heavy (non-hydrogen) atoms. The van der Waals surface area contributed by atoms with Crippen LogP contribution in [0, 0.1) is 0 Å². The molecule has 1 heterocycles. The standard InChI is InChI=1S/C9H11ClO3S/c1-3-4-13-7-6(10)5-14-8(7)9(11)12-2/h5H,3-4H2,1-2H3. The molecular weight excluding hydrogens is 224 g/mol. The molecule has 0 unspecified atom stereocenters. The van der Waals surface area contributed by atoms with E-state index in [-0.39, 0.29) is 0 Å². The molecule has 0 amide bonds. The van der Waals surface area contributed by atoms with Crippen LogP contribution in [-0.2, 0) is 4.74 Å². The van der Waals surface area contributed by atoms with E-state index in [0.29, 0.717) is 22.3 Å². The Morgan fingerprint density at radius 1 is 1.64 bits per heavy atom. The van der Waals surface area contributed by atoms with E-state index in [1.54, 1.807) is 5.38 Å². The van der Waals surface area contributed by atoms with Gasteiger partial charge in [0.1, 0.15) is 0 Å². The molecule has 0 spiro atoms. The van der Waals surface area contributed by atoms with Crippen molar-refractivity contribution in [1.29, 1.82) is 0 Å². The molecular formula is C9H11ClO3S. The molecule has 1 rings (SSSR count). The molecule has 0 aromatic carbocycles. The topological polar surface area (TPSA) is 35.5 Å². The Morgan fingerprint density at radius 3 is 2.93 bits per heavy atom. The van der Waals surface area contributed by atoms with Gasteiger partial charge in [0, 0.05) is 5.38 Å². The van der Waals surface area contributed by atoms with E-state index < -0.39 is 5.97 Å². The fourth-order valence-electron chi connectivity index (χ4n) is 0.898. The van der Waals surface area contributed by atoms with Gasteiger partial charge in [-0.3, -0.25) is 0 Å². The summed E-state index contributed by atoms with van der Waals surface area (Å²) >= 11 is 7.09. The number of ether oxygens (including phenoxy) is 2. The summed E-state index contributed by atoms with van der Waals surface area (Å²) in [5.41, 5.74) is 0. The van der Waals surface area contributed by atoms with Crippen molar-refractivity contribution in [1.82, 2.24) is 0 Å². The van der Waals surface area contributed by atoms with Gasteiger partial charge < -0.3 is 9.47 Å². The summed E-state index contributed by atoms with van der Waals surface area (Å²) < 4.78 is 9.96. The molecule has 0 atom stereocenters. The second-order valence-electron chi connectivity index (χ2n) is 2.58. The minimum absolute atomic E-state index is 0.409. The first kappa shape index (κ1) is 11.3. The number of thiophene rings is 1. The third kappa shape index (κ3) is 2.39. The molecule has 0 radical (unpaired) electrons. The second kappa shape index (κ2) is 5.22. The zero-order valence-electron chi connectivity index (χ0n) is 8.00. The number of esters is 1. The van der Waals surface area contributed by atoms with Crippen LogP contribution in [0.4, 0.5) is 0 Å². The van der Waals surface area contributed by atoms with Crippen molar-refractivity contribution >= 4 is 28.9 Å². The molecule has 0 aliphatic carbocycles. The van der Waals surface area contributed by atoms with Gasteiger partial charge in [0.15, 0.2) is 10.6 Å². The van der Waals surface area contributed by atoms with Gasteiger partial charge >= 0.3 is 5.97 Å². The lowest BCUT2D eigenvalue weighted by atomic mass is 10.4. The van der Waals surface area contributed by atoms with Crippen molar-refractivity contribution in [3.05, 3.63) is 15.3 Å². The normalized spacial score (nSPS) is 9.93. The minimum Gasteiger partial charge on any atom is -0.490 e. The van der Waals surface area contributed by atoms with Crippen LogP contribution in [0.5, 0.6) is 5.75 Å². The maximum absolute atomic E-state index is 11.3. The molecule has 0 saturated heterocycles. The Hall–Kier alpha value is -0.740. The molecule has 0 aliphatic rings. The zero-order chi connectivity index (χ0) is 10.6. The number of rotatable bonds is 4. The molecule has 0 N–H and O–H groups in total. The third-order valence-corrected chi connectivity index (χ3v) is 2.88. The zero-order valence-corrected chi connectivity index (χ0v) is 9.57. The molecule has 3 nitrogen and oxygen atoms in total. The minimum atomic E-state index is -0.409. The van der Waals surface area contributed by atoms with E-state index in [4.69, 9.17) is 16.3 Å². The van der Waals surface area contributed by atoms with Gasteiger partial charge in [-0.05, 0) is 6.42 Å². The van der Waals surface area contributed by atoms with E-state index in [1.165, 1.54) is 18.4 Å². The molecule has 0 saturated carbocycles. The smallest absolute Gasteiger partial charge is 0.351 e. The summed E-state index contributed by atoms with van der Waals surface area (Å²) in [6.45, 7) is 2.53. The van der Waals surface area contributed by atoms with Crippen molar-refractivity contribution < 1.29 is 14.3 Å². The molecule has 1 aromatic heterocycles. The molecule has 0 bridgehead atoms. The molecule has 78 valence electrons. The third-order valence-electron chi connectivity index (χ3n) is 1.52. The van der Waals surface area contributed by atoms with Crippen LogP contribution in [0.2, 0.25) is 5.02 Å². The van der Waals surface area contributed by atoms with Gasteiger partial charge in [0.2, 0.25) is 0 Å². The van der Waals surface area contributed by atoms with E-state index in [1.807, 2.05) is 6.92 Å². The number of halogens is 1. The maximum atomic E-state index is 11.3. The predicted octanol–water partition coefficient (Wildman–Crippen LogP) is 2.98. The van der Waals surface area contributed by atoms with E-state index in [9.17, 15) is 4.79 Å². The van der Waals surface area contributed by atoms with Crippen LogP contribution in [0.1, 0.15) is 23.0 Å². The quantitative estimate of drug-likeness (QED) is 0.752. The van der Waals surface area contributed by atoms with Gasteiger partial charge in [-0.25, -0.2) is 4.79 Å². The van der Waals surface area contributed by atoms with Crippen LogP contribution in [0.3, 0.4) is 0 Å². The summed E-state index contributed by atoms with van der Waals surface area (Å²) in [4.78, 5) is 11.7. The van der Waals surface area contributed by atoms with Crippen LogP contribution in [0.15, 0.2) is 5.38 Å². The lowest BCUT2D eigenvalue weighted by Gasteiger charge is -2.04. The Balaban J connectivity index is 2.88. The summed E-state index contributed by atoms with van der Waals surface area (Å²) in [6.07, 6.45) is 0.868. The monoisotopic (exact) mass is 234 g/mol. The fraction of sp³-hybridized carbons (Fsp3) is 0.444. The van der Waals surface area contributed by atoms with Crippen molar-refractivity contribution in [2.24, 2.45) is 0 Å². The first-order chi connectivity index (χ1) is 6.70. The number of methoxy groups -OCH3 is 1. The highest BCUT2D eigenvalue weighted by molar-refractivity contribution is 7.13. The summed E-state index contributed by atoms with van der Waals surface area (Å²) in [5.74, 6) is 0.0263. The highest BCUT2D eigenvalue weighted by Crippen LogP contribution is 2.35. The average molecular weight is 235 g/mol. The van der Waals surface area contributed by atoms with Crippen LogP contribution in [-0.4, -0.2) is 19.7 Å². The van der Waals surface area contributed by atoms with E-state index >= 15 is 0 Å². The second-order valence-corrected chi connectivity index (χ2v) is 3.87. The van der Waals surface area contributed by atoms with E-state index in [0.717, 1.165) is 6.42 Å². The molecule has 1 aromatic rings. The van der Waals surface area contributed by atoms with Gasteiger partial charge in [0.05, 0.1) is 18.7 Å². The number of hydrogen-bond acceptors (Lipinski definition) is 4. The van der Waals surface area contributed by atoms with Crippen molar-refractivity contribution in [3.8, 4) is 5.75 Å². The summed E-state index contributed by atoms with van der Waals surface area (Å²) in [5, 5.41) is 2.13. The first-order valence-corrected chi connectivity index (χ1v) is 5.44.